The molecule has 1 atom stereocenters. The van der Waals surface area contributed by atoms with Crippen molar-refractivity contribution >= 4 is 17.4 Å². The van der Waals surface area contributed by atoms with Crippen molar-refractivity contribution < 1.29 is 4.39 Å². The molecule has 0 amide bonds. The molecule has 20 heavy (non-hydrogen) atoms. The lowest BCUT2D eigenvalue weighted by Gasteiger charge is -2.26. The normalized spacial score (nSPS) is 17.0. The number of para-hydroxylation sites is 1. The number of hydrogen-bond donors (Lipinski definition) is 0. The molecule has 0 saturated carbocycles. The van der Waals surface area contributed by atoms with Gasteiger partial charge >= 0.3 is 0 Å². The molecule has 0 saturated heterocycles. The number of rotatable bonds is 4. The Morgan fingerprint density at radius 3 is 2.65 bits per heavy atom. The largest absolute Gasteiger partial charge is 0.368 e. The fourth-order valence-corrected chi connectivity index (χ4v) is 4.04. The Hall–Kier alpha value is -1.48. The van der Waals surface area contributed by atoms with E-state index in [4.69, 9.17) is 0 Å². The van der Waals surface area contributed by atoms with Crippen LogP contribution in [0.25, 0.3) is 0 Å². The van der Waals surface area contributed by atoms with E-state index in [2.05, 4.69) is 36.1 Å². The van der Waals surface area contributed by atoms with E-state index in [0.717, 1.165) is 19.5 Å². The monoisotopic (exact) mass is 287 g/mol. The first kappa shape index (κ1) is 13.5. The van der Waals surface area contributed by atoms with Crippen LogP contribution in [0, 0.1) is 5.82 Å². The zero-order valence-electron chi connectivity index (χ0n) is 11.6. The Morgan fingerprint density at radius 1 is 1.15 bits per heavy atom. The van der Waals surface area contributed by atoms with Gasteiger partial charge in [0.1, 0.15) is 5.82 Å². The first-order valence-electron chi connectivity index (χ1n) is 7.02. The third kappa shape index (κ3) is 2.68. The van der Waals surface area contributed by atoms with E-state index in [1.165, 1.54) is 16.5 Å². The molecule has 3 heteroatoms. The summed E-state index contributed by atoms with van der Waals surface area (Å²) in [6.07, 6.45) is 1.08. The molecule has 0 spiro atoms. The second-order valence-corrected chi connectivity index (χ2v) is 6.38. The lowest BCUT2D eigenvalue weighted by Crippen LogP contribution is -2.31. The van der Waals surface area contributed by atoms with Crippen LogP contribution in [-0.2, 0) is 6.42 Å². The van der Waals surface area contributed by atoms with Gasteiger partial charge in [0.25, 0.3) is 0 Å². The molecule has 0 N–H and O–H groups in total. The van der Waals surface area contributed by atoms with E-state index in [-0.39, 0.29) is 5.82 Å². The number of thioether (sulfide) groups is 1. The molecule has 1 aliphatic rings. The summed E-state index contributed by atoms with van der Waals surface area (Å²) in [5.74, 6) is -0.130. The molecule has 2 aromatic carbocycles. The SMILES string of the molecule is CCN(CC1Cc2ccccc2S1)c1ccccc1F. The average molecular weight is 287 g/mol. The van der Waals surface area contributed by atoms with Crippen molar-refractivity contribution in [3.63, 3.8) is 0 Å². The molecule has 0 fully saturated rings. The average Bonchev–Trinajstić information content (AvgIpc) is 2.88. The zero-order chi connectivity index (χ0) is 13.9. The summed E-state index contributed by atoms with van der Waals surface area (Å²) in [4.78, 5) is 3.51. The van der Waals surface area contributed by atoms with Gasteiger partial charge in [-0.1, -0.05) is 30.3 Å². The molecule has 0 aliphatic carbocycles. The predicted molar refractivity (Wildman–Crippen MR) is 84.1 cm³/mol. The summed E-state index contributed by atoms with van der Waals surface area (Å²) in [6.45, 7) is 3.80. The minimum Gasteiger partial charge on any atom is -0.368 e. The van der Waals surface area contributed by atoms with Crippen LogP contribution in [0.2, 0.25) is 0 Å². The van der Waals surface area contributed by atoms with Gasteiger partial charge < -0.3 is 4.90 Å². The van der Waals surface area contributed by atoms with Crippen LogP contribution in [0.1, 0.15) is 12.5 Å². The van der Waals surface area contributed by atoms with Crippen LogP contribution in [0.3, 0.4) is 0 Å². The Kier molecular flexibility index (Phi) is 3.97. The highest BCUT2D eigenvalue weighted by Crippen LogP contribution is 2.37. The lowest BCUT2D eigenvalue weighted by atomic mass is 10.1. The summed E-state index contributed by atoms with van der Waals surface area (Å²) in [6, 6.07) is 15.6. The predicted octanol–water partition coefficient (Wildman–Crippen LogP) is 4.37. The first-order chi connectivity index (χ1) is 9.78. The number of nitrogens with zero attached hydrogens (tertiary/aromatic N) is 1. The molecule has 1 unspecified atom stereocenters. The van der Waals surface area contributed by atoms with Crippen molar-refractivity contribution in [2.24, 2.45) is 0 Å². The molecule has 0 aromatic heterocycles. The van der Waals surface area contributed by atoms with Crippen LogP contribution in [0.4, 0.5) is 10.1 Å². The smallest absolute Gasteiger partial charge is 0.146 e. The van der Waals surface area contributed by atoms with Gasteiger partial charge in [0, 0.05) is 23.2 Å². The molecule has 2 aromatic rings. The van der Waals surface area contributed by atoms with Gasteiger partial charge in [0.2, 0.25) is 0 Å². The van der Waals surface area contributed by atoms with Gasteiger partial charge in [-0.05, 0) is 37.1 Å². The van der Waals surface area contributed by atoms with E-state index in [9.17, 15) is 4.39 Å². The van der Waals surface area contributed by atoms with Crippen LogP contribution in [0.5, 0.6) is 0 Å². The molecule has 3 rings (SSSR count). The highest BCUT2D eigenvalue weighted by molar-refractivity contribution is 8.00. The molecule has 1 heterocycles. The maximum Gasteiger partial charge on any atom is 0.146 e. The van der Waals surface area contributed by atoms with Gasteiger partial charge in [-0.3, -0.25) is 0 Å². The van der Waals surface area contributed by atoms with Crippen molar-refractivity contribution in [1.29, 1.82) is 0 Å². The summed E-state index contributed by atoms with van der Waals surface area (Å²) in [5.41, 5.74) is 2.14. The standard InChI is InChI=1S/C17H18FNS/c1-2-19(16-9-5-4-8-15(16)18)12-14-11-13-7-3-6-10-17(13)20-14/h3-10,14H,2,11-12H2,1H3. The van der Waals surface area contributed by atoms with E-state index in [1.807, 2.05) is 23.9 Å². The number of benzene rings is 2. The molecular formula is C17H18FNS. The van der Waals surface area contributed by atoms with Crippen LogP contribution in [-0.4, -0.2) is 18.3 Å². The fourth-order valence-electron chi connectivity index (χ4n) is 2.71. The van der Waals surface area contributed by atoms with E-state index < -0.39 is 0 Å². The maximum atomic E-state index is 13.9. The van der Waals surface area contributed by atoms with Gasteiger partial charge in [-0.15, -0.1) is 11.8 Å². The van der Waals surface area contributed by atoms with Crippen molar-refractivity contribution in [1.82, 2.24) is 0 Å². The Morgan fingerprint density at radius 2 is 1.90 bits per heavy atom. The van der Waals surface area contributed by atoms with Crippen molar-refractivity contribution in [2.45, 2.75) is 23.5 Å². The van der Waals surface area contributed by atoms with Crippen LogP contribution >= 0.6 is 11.8 Å². The number of anilines is 1. The number of hydrogen-bond acceptors (Lipinski definition) is 2. The second-order valence-electron chi connectivity index (χ2n) is 5.04. The molecule has 1 aliphatic heterocycles. The Balaban J connectivity index is 1.73. The minimum absolute atomic E-state index is 0.130. The van der Waals surface area contributed by atoms with Gasteiger partial charge in [0.15, 0.2) is 0 Å². The highest BCUT2D eigenvalue weighted by Gasteiger charge is 2.24. The summed E-state index contributed by atoms with van der Waals surface area (Å²) >= 11 is 1.92. The quantitative estimate of drug-likeness (QED) is 0.821. The highest BCUT2D eigenvalue weighted by atomic mass is 32.2. The third-order valence-corrected chi connectivity index (χ3v) is 5.01. The number of halogens is 1. The van der Waals surface area contributed by atoms with E-state index in [0.29, 0.717) is 10.9 Å². The molecule has 0 bridgehead atoms. The summed E-state index contributed by atoms with van der Waals surface area (Å²) in [5, 5.41) is 0.506. The lowest BCUT2D eigenvalue weighted by molar-refractivity contribution is 0.616. The zero-order valence-corrected chi connectivity index (χ0v) is 12.4. The molecule has 104 valence electrons. The van der Waals surface area contributed by atoms with Crippen LogP contribution < -0.4 is 4.90 Å². The number of fused-ring (bicyclic) bond motifs is 1. The third-order valence-electron chi connectivity index (χ3n) is 3.71. The van der Waals surface area contributed by atoms with Crippen molar-refractivity contribution in [2.75, 3.05) is 18.0 Å². The Bertz CT molecular complexity index is 574. The summed E-state index contributed by atoms with van der Waals surface area (Å²) < 4.78 is 13.9. The van der Waals surface area contributed by atoms with Crippen molar-refractivity contribution in [3.8, 4) is 0 Å². The van der Waals surface area contributed by atoms with E-state index in [1.54, 1.807) is 6.07 Å². The second kappa shape index (κ2) is 5.88. The van der Waals surface area contributed by atoms with E-state index >= 15 is 0 Å². The summed E-state index contributed by atoms with van der Waals surface area (Å²) in [7, 11) is 0. The Labute approximate surface area is 123 Å². The molecule has 0 radical (unpaired) electrons. The first-order valence-corrected chi connectivity index (χ1v) is 7.90. The minimum atomic E-state index is -0.130. The van der Waals surface area contributed by atoms with Gasteiger partial charge in [-0.25, -0.2) is 4.39 Å². The van der Waals surface area contributed by atoms with Crippen molar-refractivity contribution in [3.05, 3.63) is 59.9 Å². The van der Waals surface area contributed by atoms with Gasteiger partial charge in [0.05, 0.1) is 5.69 Å². The maximum absolute atomic E-state index is 13.9. The topological polar surface area (TPSA) is 3.24 Å². The van der Waals surface area contributed by atoms with Crippen LogP contribution in [0.15, 0.2) is 53.4 Å². The van der Waals surface area contributed by atoms with Gasteiger partial charge in [-0.2, -0.15) is 0 Å². The molecule has 1 nitrogen and oxygen atoms in total. The molecular weight excluding hydrogens is 269 g/mol. The fraction of sp³-hybridized carbons (Fsp3) is 0.294.